The molecule has 0 unspecified atom stereocenters. The monoisotopic (exact) mass is 392 g/mol. The third-order valence-electron chi connectivity index (χ3n) is 4.85. The lowest BCUT2D eigenvalue weighted by molar-refractivity contribution is 0.0304. The van der Waals surface area contributed by atoms with Gasteiger partial charge in [0.15, 0.2) is 0 Å². The van der Waals surface area contributed by atoms with Crippen LogP contribution in [0.25, 0.3) is 10.9 Å². The summed E-state index contributed by atoms with van der Waals surface area (Å²) < 4.78 is 7.49. The number of carbonyl (C=O) groups excluding carboxylic acids is 1. The lowest BCUT2D eigenvalue weighted by Crippen LogP contribution is -2.40. The number of halogens is 1. The third-order valence-corrected chi connectivity index (χ3v) is 5.09. The molecule has 1 aliphatic rings. The summed E-state index contributed by atoms with van der Waals surface area (Å²) in [7, 11) is 0. The maximum Gasteiger partial charge on any atom is 0.256 e. The molecule has 4 rings (SSSR count). The van der Waals surface area contributed by atoms with E-state index in [1.165, 1.54) is 0 Å². The van der Waals surface area contributed by atoms with Gasteiger partial charge >= 0.3 is 0 Å². The first kappa shape index (κ1) is 18.6. The van der Waals surface area contributed by atoms with Crippen LogP contribution in [0.1, 0.15) is 22.3 Å². The summed E-state index contributed by atoms with van der Waals surface area (Å²) >= 11 is 6.00. The molecule has 1 saturated heterocycles. The van der Waals surface area contributed by atoms with Crippen LogP contribution in [0.2, 0.25) is 5.02 Å². The Morgan fingerprint density at radius 3 is 2.75 bits per heavy atom. The van der Waals surface area contributed by atoms with Gasteiger partial charge in [-0.05, 0) is 24.3 Å². The highest BCUT2D eigenvalue weighted by Gasteiger charge is 2.22. The normalized spacial score (nSPS) is 14.0. The van der Waals surface area contributed by atoms with Crippen LogP contribution in [0.5, 0.6) is 0 Å². The Hall–Kier alpha value is -2.74. The van der Waals surface area contributed by atoms with Gasteiger partial charge in [-0.1, -0.05) is 47.7 Å². The van der Waals surface area contributed by atoms with Gasteiger partial charge in [-0.15, -0.1) is 0 Å². The van der Waals surface area contributed by atoms with Crippen molar-refractivity contribution in [1.82, 2.24) is 9.47 Å². The SMILES string of the molecule is O=C(c1cn(CCC#Cc2cccc(Cl)c2)c2ccccc12)N1CCOCC1. The molecule has 2 aromatic carbocycles. The topological polar surface area (TPSA) is 34.5 Å². The average molecular weight is 393 g/mol. The second kappa shape index (κ2) is 8.52. The van der Waals surface area contributed by atoms with E-state index in [-0.39, 0.29) is 5.91 Å². The Bertz CT molecular complexity index is 1060. The third kappa shape index (κ3) is 4.06. The molecule has 0 aliphatic carbocycles. The first-order valence-corrected chi connectivity index (χ1v) is 9.79. The number of morpholine rings is 1. The number of ether oxygens (including phenoxy) is 1. The van der Waals surface area contributed by atoms with Crippen molar-refractivity contribution in [2.45, 2.75) is 13.0 Å². The van der Waals surface area contributed by atoms with E-state index in [4.69, 9.17) is 16.3 Å². The Kier molecular flexibility index (Phi) is 5.66. The molecule has 4 nitrogen and oxygen atoms in total. The van der Waals surface area contributed by atoms with Gasteiger partial charge in [-0.25, -0.2) is 0 Å². The van der Waals surface area contributed by atoms with Crippen LogP contribution in [0.3, 0.4) is 0 Å². The number of aromatic nitrogens is 1. The molecule has 1 aromatic heterocycles. The molecule has 2 heterocycles. The molecule has 28 heavy (non-hydrogen) atoms. The molecule has 3 aromatic rings. The quantitative estimate of drug-likeness (QED) is 0.626. The fourth-order valence-electron chi connectivity index (χ4n) is 3.45. The van der Waals surface area contributed by atoms with Gasteiger partial charge in [-0.3, -0.25) is 4.79 Å². The van der Waals surface area contributed by atoms with E-state index in [1.807, 2.05) is 53.6 Å². The molecule has 142 valence electrons. The van der Waals surface area contributed by atoms with Gasteiger partial charge in [0, 0.05) is 53.7 Å². The van der Waals surface area contributed by atoms with Crippen LogP contribution in [0.4, 0.5) is 0 Å². The standard InChI is InChI=1S/C23H21ClN2O2/c24-19-8-5-7-18(16-19)6-3-4-11-26-17-21(20-9-1-2-10-22(20)26)23(27)25-12-14-28-15-13-25/h1-2,5,7-10,16-17H,4,11-15H2. The number of aryl methyl sites for hydroxylation is 1. The van der Waals surface area contributed by atoms with Crippen molar-refractivity contribution in [2.75, 3.05) is 26.3 Å². The molecule has 0 radical (unpaired) electrons. The Labute approximate surface area is 169 Å². The van der Waals surface area contributed by atoms with Crippen LogP contribution >= 0.6 is 11.6 Å². The largest absolute Gasteiger partial charge is 0.378 e. The average Bonchev–Trinajstić information content (AvgIpc) is 3.10. The lowest BCUT2D eigenvalue weighted by atomic mass is 10.1. The van der Waals surface area contributed by atoms with Crippen molar-refractivity contribution in [3.05, 3.63) is 70.9 Å². The highest BCUT2D eigenvalue weighted by Crippen LogP contribution is 2.23. The van der Waals surface area contributed by atoms with Gasteiger partial charge in [0.25, 0.3) is 5.91 Å². The predicted molar refractivity (Wildman–Crippen MR) is 112 cm³/mol. The van der Waals surface area contributed by atoms with Gasteiger partial charge in [-0.2, -0.15) is 0 Å². The molecule has 0 atom stereocenters. The van der Waals surface area contributed by atoms with E-state index in [9.17, 15) is 4.79 Å². The van der Waals surface area contributed by atoms with Crippen LogP contribution in [0, 0.1) is 11.8 Å². The summed E-state index contributed by atoms with van der Waals surface area (Å²) in [4.78, 5) is 14.9. The zero-order valence-electron chi connectivity index (χ0n) is 15.5. The lowest BCUT2D eigenvalue weighted by Gasteiger charge is -2.26. The van der Waals surface area contributed by atoms with E-state index in [2.05, 4.69) is 22.5 Å². The summed E-state index contributed by atoms with van der Waals surface area (Å²) in [6, 6.07) is 15.6. The number of nitrogens with zero attached hydrogens (tertiary/aromatic N) is 2. The van der Waals surface area contributed by atoms with E-state index < -0.39 is 0 Å². The van der Waals surface area contributed by atoms with Crippen molar-refractivity contribution < 1.29 is 9.53 Å². The van der Waals surface area contributed by atoms with Crippen LogP contribution in [-0.2, 0) is 11.3 Å². The number of amides is 1. The van der Waals surface area contributed by atoms with Crippen LogP contribution in [-0.4, -0.2) is 41.7 Å². The number of hydrogen-bond donors (Lipinski definition) is 0. The summed E-state index contributed by atoms with van der Waals surface area (Å²) in [5.41, 5.74) is 2.72. The highest BCUT2D eigenvalue weighted by molar-refractivity contribution is 6.30. The van der Waals surface area contributed by atoms with E-state index in [0.717, 1.165) is 28.6 Å². The number of para-hydroxylation sites is 1. The van der Waals surface area contributed by atoms with Crippen molar-refractivity contribution in [3.8, 4) is 11.8 Å². The first-order valence-electron chi connectivity index (χ1n) is 9.42. The van der Waals surface area contributed by atoms with Crippen molar-refractivity contribution >= 4 is 28.4 Å². The highest BCUT2D eigenvalue weighted by atomic mass is 35.5. The smallest absolute Gasteiger partial charge is 0.256 e. The summed E-state index contributed by atoms with van der Waals surface area (Å²) in [6.45, 7) is 3.21. The maximum atomic E-state index is 13.0. The molecule has 0 bridgehead atoms. The second-order valence-corrected chi connectivity index (χ2v) is 7.16. The van der Waals surface area contributed by atoms with Crippen LogP contribution < -0.4 is 0 Å². The van der Waals surface area contributed by atoms with Gasteiger partial charge < -0.3 is 14.2 Å². The van der Waals surface area contributed by atoms with E-state index in [0.29, 0.717) is 37.7 Å². The molecule has 1 aliphatic heterocycles. The minimum atomic E-state index is 0.0725. The molecule has 1 fully saturated rings. The fourth-order valence-corrected chi connectivity index (χ4v) is 3.64. The van der Waals surface area contributed by atoms with Crippen LogP contribution in [0.15, 0.2) is 54.7 Å². The maximum absolute atomic E-state index is 13.0. The summed E-state index contributed by atoms with van der Waals surface area (Å²) in [6.07, 6.45) is 2.65. The van der Waals surface area contributed by atoms with Crippen molar-refractivity contribution in [1.29, 1.82) is 0 Å². The number of rotatable bonds is 3. The van der Waals surface area contributed by atoms with E-state index in [1.54, 1.807) is 0 Å². The number of carbonyl (C=O) groups is 1. The van der Waals surface area contributed by atoms with Crippen molar-refractivity contribution in [2.24, 2.45) is 0 Å². The van der Waals surface area contributed by atoms with Crippen molar-refractivity contribution in [3.63, 3.8) is 0 Å². The van der Waals surface area contributed by atoms with Gasteiger partial charge in [0.2, 0.25) is 0 Å². The van der Waals surface area contributed by atoms with E-state index >= 15 is 0 Å². The Balaban J connectivity index is 1.54. The van der Waals surface area contributed by atoms with Gasteiger partial charge in [0.1, 0.15) is 0 Å². The second-order valence-electron chi connectivity index (χ2n) is 6.72. The molecular weight excluding hydrogens is 372 g/mol. The Morgan fingerprint density at radius 2 is 1.93 bits per heavy atom. The Morgan fingerprint density at radius 1 is 1.11 bits per heavy atom. The zero-order chi connectivity index (χ0) is 19.3. The molecular formula is C23H21ClN2O2. The zero-order valence-corrected chi connectivity index (χ0v) is 16.3. The minimum Gasteiger partial charge on any atom is -0.378 e. The molecule has 5 heteroatoms. The summed E-state index contributed by atoms with van der Waals surface area (Å²) in [5.74, 6) is 6.42. The molecule has 0 N–H and O–H groups in total. The molecule has 0 saturated carbocycles. The fraction of sp³-hybridized carbons (Fsp3) is 0.261. The number of hydrogen-bond acceptors (Lipinski definition) is 2. The summed E-state index contributed by atoms with van der Waals surface area (Å²) in [5, 5.41) is 1.68. The van der Waals surface area contributed by atoms with Gasteiger partial charge in [0.05, 0.1) is 18.8 Å². The minimum absolute atomic E-state index is 0.0725. The predicted octanol–water partition coefficient (Wildman–Crippen LogP) is 4.21. The molecule has 1 amide bonds. The first-order chi connectivity index (χ1) is 13.7. The molecule has 0 spiro atoms. The number of benzene rings is 2. The number of fused-ring (bicyclic) bond motifs is 1.